The van der Waals surface area contributed by atoms with E-state index in [0.29, 0.717) is 17.9 Å². The van der Waals surface area contributed by atoms with Crippen molar-refractivity contribution in [1.82, 2.24) is 0 Å². The second-order valence-corrected chi connectivity index (χ2v) is 8.47. The molecule has 0 amide bonds. The summed E-state index contributed by atoms with van der Waals surface area (Å²) in [6.45, 7) is 3.94. The molecule has 4 nitrogen and oxygen atoms in total. The lowest BCUT2D eigenvalue weighted by Gasteiger charge is -2.23. The molecule has 2 rings (SSSR count). The third-order valence-electron chi connectivity index (χ3n) is 4.52. The molecule has 0 aliphatic heterocycles. The van der Waals surface area contributed by atoms with Crippen molar-refractivity contribution in [2.75, 3.05) is 12.8 Å². The van der Waals surface area contributed by atoms with Crippen LogP contribution >= 0.6 is 7.60 Å². The summed E-state index contributed by atoms with van der Waals surface area (Å²) in [6, 6.07) is 2.90. The number of rotatable bonds is 8. The molecule has 1 aromatic carbocycles. The molecule has 0 bridgehead atoms. The Bertz CT molecular complexity index is 657. The first-order chi connectivity index (χ1) is 11.8. The number of hydrogen-bond acceptors (Lipinski definition) is 2. The van der Waals surface area contributed by atoms with Crippen LogP contribution in [0, 0.1) is 17.6 Å². The van der Waals surface area contributed by atoms with Crippen molar-refractivity contribution < 1.29 is 27.9 Å². The van der Waals surface area contributed by atoms with Crippen molar-refractivity contribution in [2.24, 2.45) is 5.92 Å². The van der Waals surface area contributed by atoms with E-state index in [1.165, 1.54) is 17.7 Å². The summed E-state index contributed by atoms with van der Waals surface area (Å²) >= 11 is 0. The van der Waals surface area contributed by atoms with Gasteiger partial charge in [0.1, 0.15) is 0 Å². The third kappa shape index (κ3) is 6.53. The fraction of sp³-hybridized carbons (Fsp3) is 0.556. The first kappa shape index (κ1) is 20.1. The second kappa shape index (κ2) is 8.93. The minimum absolute atomic E-state index is 0.0681. The van der Waals surface area contributed by atoms with E-state index in [1.807, 2.05) is 0 Å². The smallest absolute Gasteiger partial charge is 0.325 e. The van der Waals surface area contributed by atoms with Crippen LogP contribution < -0.4 is 4.74 Å². The molecule has 1 fully saturated rings. The number of hydrogen-bond donors (Lipinski definition) is 2. The van der Waals surface area contributed by atoms with Crippen LogP contribution in [0.15, 0.2) is 24.3 Å². The predicted molar refractivity (Wildman–Crippen MR) is 92.8 cm³/mol. The highest BCUT2D eigenvalue weighted by Gasteiger charge is 2.19. The highest BCUT2D eigenvalue weighted by Crippen LogP contribution is 2.35. The Morgan fingerprint density at radius 3 is 2.72 bits per heavy atom. The summed E-state index contributed by atoms with van der Waals surface area (Å²) in [5, 5.41) is 0. The Kier molecular flexibility index (Phi) is 7.17. The number of ether oxygens (including phenoxy) is 1. The Hall–Kier alpha value is -1.23. The van der Waals surface area contributed by atoms with Crippen molar-refractivity contribution >= 4 is 7.60 Å². The quantitative estimate of drug-likeness (QED) is 0.397. The molecular formula is C18H25F2O4P. The number of aryl methyl sites for hydroxylation is 1. The van der Waals surface area contributed by atoms with Crippen molar-refractivity contribution in [2.45, 2.75) is 44.9 Å². The summed E-state index contributed by atoms with van der Waals surface area (Å²) in [7, 11) is -4.10. The third-order valence-corrected chi connectivity index (χ3v) is 5.42. The second-order valence-electron chi connectivity index (χ2n) is 6.69. The lowest BCUT2D eigenvalue weighted by atomic mass is 9.83. The lowest BCUT2D eigenvalue weighted by Crippen LogP contribution is -2.10. The number of halogens is 2. The van der Waals surface area contributed by atoms with Gasteiger partial charge in [0.05, 0.1) is 12.8 Å². The topological polar surface area (TPSA) is 66.8 Å². The van der Waals surface area contributed by atoms with Gasteiger partial charge >= 0.3 is 7.60 Å². The average Bonchev–Trinajstić information content (AvgIpc) is 2.53. The molecule has 0 aromatic heterocycles. The summed E-state index contributed by atoms with van der Waals surface area (Å²) in [5.41, 5.74) is 1.57. The molecule has 0 unspecified atom stereocenters. The van der Waals surface area contributed by atoms with E-state index in [0.717, 1.165) is 32.1 Å². The molecular weight excluding hydrogens is 349 g/mol. The maximum absolute atomic E-state index is 14.2. The molecule has 2 N–H and O–H groups in total. The van der Waals surface area contributed by atoms with Gasteiger partial charge in [-0.2, -0.15) is 4.39 Å². The first-order valence-electron chi connectivity index (χ1n) is 8.57. The summed E-state index contributed by atoms with van der Waals surface area (Å²) in [4.78, 5) is 17.5. The van der Waals surface area contributed by atoms with Gasteiger partial charge in [-0.15, -0.1) is 0 Å². The van der Waals surface area contributed by atoms with Crippen LogP contribution in [0.5, 0.6) is 5.75 Å². The molecule has 25 heavy (non-hydrogen) atoms. The van der Waals surface area contributed by atoms with Crippen molar-refractivity contribution in [3.8, 4) is 5.75 Å². The van der Waals surface area contributed by atoms with Crippen LogP contribution in [0.25, 0.3) is 0 Å². The Labute approximate surface area is 147 Å². The highest BCUT2D eigenvalue weighted by atomic mass is 31.2. The van der Waals surface area contributed by atoms with E-state index in [4.69, 9.17) is 14.5 Å². The maximum atomic E-state index is 14.2. The van der Waals surface area contributed by atoms with Crippen molar-refractivity contribution in [1.29, 1.82) is 0 Å². The molecule has 0 saturated heterocycles. The van der Waals surface area contributed by atoms with E-state index < -0.39 is 19.2 Å². The molecule has 1 aliphatic rings. The normalized spacial score (nSPS) is 18.4. The molecule has 0 heterocycles. The molecule has 1 aromatic rings. The fourth-order valence-electron chi connectivity index (χ4n) is 3.19. The van der Waals surface area contributed by atoms with Gasteiger partial charge in [0, 0.05) is 0 Å². The molecule has 1 aliphatic carbocycles. The maximum Gasteiger partial charge on any atom is 0.325 e. The predicted octanol–water partition coefficient (Wildman–Crippen LogP) is 4.59. The van der Waals surface area contributed by atoms with E-state index in [9.17, 15) is 13.3 Å². The standard InChI is InChI=1S/C18H25F2O4P/c1-13-4-2-5-14(12-13)6-7-15-8-9-16(18(20)17(15)19)24-10-3-11-25(21,22)23/h8-9,14H,1-7,10-12H2,(H2,21,22,23)/t14-/m0/s1. The zero-order chi connectivity index (χ0) is 18.4. The minimum atomic E-state index is -4.10. The Balaban J connectivity index is 1.88. The molecule has 1 atom stereocenters. The van der Waals surface area contributed by atoms with Gasteiger partial charge in [-0.1, -0.05) is 18.2 Å². The zero-order valence-electron chi connectivity index (χ0n) is 14.2. The van der Waals surface area contributed by atoms with Crippen molar-refractivity contribution in [3.63, 3.8) is 0 Å². The average molecular weight is 374 g/mol. The lowest BCUT2D eigenvalue weighted by molar-refractivity contribution is 0.289. The van der Waals surface area contributed by atoms with Gasteiger partial charge in [0.15, 0.2) is 11.6 Å². The summed E-state index contributed by atoms with van der Waals surface area (Å²) < 4.78 is 44.1. The first-order valence-corrected chi connectivity index (χ1v) is 10.4. The van der Waals surface area contributed by atoms with Crippen LogP contribution in [-0.2, 0) is 11.0 Å². The van der Waals surface area contributed by atoms with Gasteiger partial charge < -0.3 is 14.5 Å². The van der Waals surface area contributed by atoms with Gasteiger partial charge in [-0.25, -0.2) is 4.39 Å². The highest BCUT2D eigenvalue weighted by molar-refractivity contribution is 7.51. The van der Waals surface area contributed by atoms with Crippen molar-refractivity contribution in [3.05, 3.63) is 41.5 Å². The van der Waals surface area contributed by atoms with Gasteiger partial charge in [0.25, 0.3) is 0 Å². The summed E-state index contributed by atoms with van der Waals surface area (Å²) in [6.07, 6.45) is 5.24. The molecule has 1 saturated carbocycles. The molecule has 140 valence electrons. The van der Waals surface area contributed by atoms with Crippen LogP contribution in [0.1, 0.15) is 44.1 Å². The van der Waals surface area contributed by atoms with E-state index >= 15 is 0 Å². The number of allylic oxidation sites excluding steroid dienone is 1. The SMILES string of the molecule is C=C1CCC[C@@H](CCc2ccc(OCCCP(=O)(O)O)c(F)c2F)C1. The van der Waals surface area contributed by atoms with E-state index in [-0.39, 0.29) is 24.9 Å². The zero-order valence-corrected chi connectivity index (χ0v) is 15.1. The van der Waals surface area contributed by atoms with Gasteiger partial charge in [0.2, 0.25) is 5.82 Å². The fourth-order valence-corrected chi connectivity index (χ4v) is 3.73. The molecule has 0 radical (unpaired) electrons. The van der Waals surface area contributed by atoms with Crippen LogP contribution in [-0.4, -0.2) is 22.6 Å². The van der Waals surface area contributed by atoms with Gasteiger partial charge in [-0.05, 0) is 62.5 Å². The minimum Gasteiger partial charge on any atom is -0.490 e. The van der Waals surface area contributed by atoms with E-state index in [2.05, 4.69) is 6.58 Å². The Morgan fingerprint density at radius 2 is 2.04 bits per heavy atom. The molecule has 0 spiro atoms. The van der Waals surface area contributed by atoms with Crippen LogP contribution in [0.2, 0.25) is 0 Å². The monoisotopic (exact) mass is 374 g/mol. The van der Waals surface area contributed by atoms with Gasteiger partial charge in [-0.3, -0.25) is 4.57 Å². The largest absolute Gasteiger partial charge is 0.490 e. The molecule has 7 heteroatoms. The van der Waals surface area contributed by atoms with Crippen LogP contribution in [0.3, 0.4) is 0 Å². The summed E-state index contributed by atoms with van der Waals surface area (Å²) in [5.74, 6) is -1.69. The number of benzene rings is 1. The van der Waals surface area contributed by atoms with Crippen LogP contribution in [0.4, 0.5) is 8.78 Å². The van der Waals surface area contributed by atoms with E-state index in [1.54, 1.807) is 0 Å². The Morgan fingerprint density at radius 1 is 1.28 bits per heavy atom.